The maximum Gasteiger partial charge on any atom is 0.133 e. The van der Waals surface area contributed by atoms with Crippen molar-refractivity contribution in [3.63, 3.8) is 0 Å². The first-order valence-corrected chi connectivity index (χ1v) is 8.02. The molecule has 0 radical (unpaired) electrons. The highest BCUT2D eigenvalue weighted by Crippen LogP contribution is 2.25. The predicted octanol–water partition coefficient (Wildman–Crippen LogP) is 4.91. The van der Waals surface area contributed by atoms with E-state index in [2.05, 4.69) is 47.2 Å². The van der Waals surface area contributed by atoms with Crippen LogP contribution in [0, 0.1) is 0 Å². The normalized spacial score (nSPS) is 12.4. The highest BCUT2D eigenvalue weighted by molar-refractivity contribution is 9.10. The number of hydrogen-bond acceptors (Lipinski definition) is 2. The maximum absolute atomic E-state index is 5.23. The van der Waals surface area contributed by atoms with E-state index in [1.54, 1.807) is 7.11 Å². The summed E-state index contributed by atoms with van der Waals surface area (Å²) < 4.78 is 6.25. The Morgan fingerprint density at radius 1 is 1.26 bits per heavy atom. The molecule has 0 aliphatic rings. The van der Waals surface area contributed by atoms with Crippen molar-refractivity contribution >= 4 is 15.9 Å². The number of nitrogens with one attached hydrogen (secondary N) is 1. The second-order valence-electron chi connectivity index (χ2n) is 5.10. The minimum Gasteiger partial charge on any atom is -0.496 e. The average Bonchev–Trinajstić information content (AvgIpc) is 2.41. The van der Waals surface area contributed by atoms with Gasteiger partial charge in [-0.15, -0.1) is 0 Å². The molecule has 0 aromatic heterocycles. The van der Waals surface area contributed by atoms with E-state index in [1.807, 2.05) is 6.07 Å². The van der Waals surface area contributed by atoms with Gasteiger partial charge in [0.1, 0.15) is 5.75 Å². The first kappa shape index (κ1) is 16.5. The van der Waals surface area contributed by atoms with Crippen LogP contribution in [-0.4, -0.2) is 13.2 Å². The van der Waals surface area contributed by atoms with Crippen LogP contribution in [0.1, 0.15) is 51.5 Å². The number of halogens is 1. The first-order valence-electron chi connectivity index (χ1n) is 7.23. The zero-order chi connectivity index (χ0) is 14.1. The molecule has 0 bridgehead atoms. The second kappa shape index (κ2) is 9.38. The molecule has 0 spiro atoms. The van der Waals surface area contributed by atoms with Gasteiger partial charge in [-0.05, 0) is 47.0 Å². The molecule has 0 heterocycles. The van der Waals surface area contributed by atoms with Crippen molar-refractivity contribution in [1.29, 1.82) is 0 Å². The van der Waals surface area contributed by atoms with Gasteiger partial charge in [-0.1, -0.05) is 38.7 Å². The van der Waals surface area contributed by atoms with Gasteiger partial charge < -0.3 is 10.1 Å². The highest BCUT2D eigenvalue weighted by atomic mass is 79.9. The Morgan fingerprint density at radius 3 is 2.68 bits per heavy atom. The summed E-state index contributed by atoms with van der Waals surface area (Å²) in [7, 11) is 1.69. The zero-order valence-corrected chi connectivity index (χ0v) is 13.9. The lowest BCUT2D eigenvalue weighted by Crippen LogP contribution is -2.25. The third kappa shape index (κ3) is 6.44. The topological polar surface area (TPSA) is 21.3 Å². The van der Waals surface area contributed by atoms with Crippen LogP contribution in [0.25, 0.3) is 0 Å². The standard InChI is InChI=1S/C16H26BrNO/c1-4-5-6-7-8-13(2)18-12-14-9-10-16(19-3)15(17)11-14/h9-11,13,18H,4-8,12H2,1-3H3. The largest absolute Gasteiger partial charge is 0.496 e. The molecule has 0 amide bonds. The van der Waals surface area contributed by atoms with Crippen molar-refractivity contribution in [2.24, 2.45) is 0 Å². The number of hydrogen-bond donors (Lipinski definition) is 1. The summed E-state index contributed by atoms with van der Waals surface area (Å²) in [6.45, 7) is 5.44. The minimum absolute atomic E-state index is 0.581. The number of unbranched alkanes of at least 4 members (excludes halogenated alkanes) is 3. The number of methoxy groups -OCH3 is 1. The maximum atomic E-state index is 5.23. The van der Waals surface area contributed by atoms with Crippen molar-refractivity contribution in [2.75, 3.05) is 7.11 Å². The first-order chi connectivity index (χ1) is 9.17. The molecule has 1 aromatic carbocycles. The second-order valence-corrected chi connectivity index (χ2v) is 5.95. The summed E-state index contributed by atoms with van der Waals surface area (Å²) in [6, 6.07) is 6.82. The van der Waals surface area contributed by atoms with Crippen molar-refractivity contribution in [1.82, 2.24) is 5.32 Å². The van der Waals surface area contributed by atoms with Gasteiger partial charge in [-0.25, -0.2) is 0 Å². The lowest BCUT2D eigenvalue weighted by atomic mass is 10.1. The summed E-state index contributed by atoms with van der Waals surface area (Å²) in [5.41, 5.74) is 1.29. The molecule has 108 valence electrons. The van der Waals surface area contributed by atoms with E-state index in [0.717, 1.165) is 16.8 Å². The van der Waals surface area contributed by atoms with E-state index in [9.17, 15) is 0 Å². The van der Waals surface area contributed by atoms with E-state index in [4.69, 9.17) is 4.74 Å². The van der Waals surface area contributed by atoms with Crippen LogP contribution in [0.3, 0.4) is 0 Å². The van der Waals surface area contributed by atoms with Gasteiger partial charge in [-0.2, -0.15) is 0 Å². The monoisotopic (exact) mass is 327 g/mol. The summed E-state index contributed by atoms with van der Waals surface area (Å²) in [5.74, 6) is 0.886. The van der Waals surface area contributed by atoms with Gasteiger partial charge in [-0.3, -0.25) is 0 Å². The van der Waals surface area contributed by atoms with Crippen LogP contribution >= 0.6 is 15.9 Å². The van der Waals surface area contributed by atoms with Crippen molar-refractivity contribution < 1.29 is 4.74 Å². The summed E-state index contributed by atoms with van der Waals surface area (Å²) >= 11 is 3.52. The van der Waals surface area contributed by atoms with Gasteiger partial charge in [0, 0.05) is 12.6 Å². The molecular formula is C16H26BrNO. The van der Waals surface area contributed by atoms with Crippen LogP contribution in [0.5, 0.6) is 5.75 Å². The summed E-state index contributed by atoms with van der Waals surface area (Å²) in [4.78, 5) is 0. The molecular weight excluding hydrogens is 302 g/mol. The number of ether oxygens (including phenoxy) is 1. The Labute approximate surface area is 126 Å². The molecule has 1 atom stereocenters. The fourth-order valence-electron chi connectivity index (χ4n) is 2.09. The predicted molar refractivity (Wildman–Crippen MR) is 85.8 cm³/mol. The molecule has 1 N–H and O–H groups in total. The van der Waals surface area contributed by atoms with Crippen LogP contribution in [-0.2, 0) is 6.54 Å². The quantitative estimate of drug-likeness (QED) is 0.651. The third-order valence-electron chi connectivity index (χ3n) is 3.36. The Balaban J connectivity index is 2.29. The Morgan fingerprint density at radius 2 is 2.05 bits per heavy atom. The van der Waals surface area contributed by atoms with Gasteiger partial charge in [0.2, 0.25) is 0 Å². The summed E-state index contributed by atoms with van der Waals surface area (Å²) in [5, 5.41) is 3.58. The SMILES string of the molecule is CCCCCCC(C)NCc1ccc(OC)c(Br)c1. The van der Waals surface area contributed by atoms with E-state index in [1.165, 1.54) is 37.7 Å². The van der Waals surface area contributed by atoms with Crippen LogP contribution in [0.15, 0.2) is 22.7 Å². The minimum atomic E-state index is 0.581. The van der Waals surface area contributed by atoms with Crippen molar-refractivity contribution in [3.05, 3.63) is 28.2 Å². The number of benzene rings is 1. The van der Waals surface area contributed by atoms with E-state index in [-0.39, 0.29) is 0 Å². The fourth-order valence-corrected chi connectivity index (χ4v) is 2.68. The van der Waals surface area contributed by atoms with Crippen LogP contribution < -0.4 is 10.1 Å². The lowest BCUT2D eigenvalue weighted by molar-refractivity contribution is 0.411. The highest BCUT2D eigenvalue weighted by Gasteiger charge is 2.04. The van der Waals surface area contributed by atoms with Gasteiger partial charge in [0.15, 0.2) is 0 Å². The molecule has 3 heteroatoms. The Bertz CT molecular complexity index is 368. The third-order valence-corrected chi connectivity index (χ3v) is 3.98. The van der Waals surface area contributed by atoms with Gasteiger partial charge in [0.25, 0.3) is 0 Å². The van der Waals surface area contributed by atoms with Gasteiger partial charge in [0.05, 0.1) is 11.6 Å². The van der Waals surface area contributed by atoms with E-state index in [0.29, 0.717) is 6.04 Å². The Kier molecular flexibility index (Phi) is 8.15. The van der Waals surface area contributed by atoms with Crippen molar-refractivity contribution in [3.8, 4) is 5.75 Å². The van der Waals surface area contributed by atoms with E-state index < -0.39 is 0 Å². The molecule has 0 aliphatic heterocycles. The molecule has 1 rings (SSSR count). The molecule has 2 nitrogen and oxygen atoms in total. The van der Waals surface area contributed by atoms with Crippen LogP contribution in [0.4, 0.5) is 0 Å². The molecule has 0 fully saturated rings. The van der Waals surface area contributed by atoms with Crippen LogP contribution in [0.2, 0.25) is 0 Å². The van der Waals surface area contributed by atoms with Gasteiger partial charge >= 0.3 is 0 Å². The molecule has 1 aromatic rings. The lowest BCUT2D eigenvalue weighted by Gasteiger charge is -2.14. The molecule has 19 heavy (non-hydrogen) atoms. The summed E-state index contributed by atoms with van der Waals surface area (Å²) in [6.07, 6.45) is 6.61. The van der Waals surface area contributed by atoms with Crippen molar-refractivity contribution in [2.45, 2.75) is 58.5 Å². The molecule has 1 unspecified atom stereocenters. The average molecular weight is 328 g/mol. The Hall–Kier alpha value is -0.540. The molecule has 0 saturated carbocycles. The molecule has 0 saturated heterocycles. The zero-order valence-electron chi connectivity index (χ0n) is 12.3. The fraction of sp³-hybridized carbons (Fsp3) is 0.625. The van der Waals surface area contributed by atoms with E-state index >= 15 is 0 Å². The smallest absolute Gasteiger partial charge is 0.133 e. The molecule has 0 aliphatic carbocycles. The number of rotatable bonds is 9.